The summed E-state index contributed by atoms with van der Waals surface area (Å²) >= 11 is 1.20. The van der Waals surface area contributed by atoms with Crippen molar-refractivity contribution in [2.45, 2.75) is 16.8 Å². The molecule has 1 aliphatic carbocycles. The monoisotopic (exact) mass is 206 g/mol. The molecule has 1 aliphatic heterocycles. The SMILES string of the molecule is CC1=Cc2ccccc2C2(O)SC12O. The number of hydrogen-bond acceptors (Lipinski definition) is 3. The van der Waals surface area contributed by atoms with E-state index in [1.165, 1.54) is 11.8 Å². The second-order valence-electron chi connectivity index (χ2n) is 3.80. The first-order chi connectivity index (χ1) is 6.58. The van der Waals surface area contributed by atoms with Crippen LogP contribution >= 0.6 is 11.8 Å². The van der Waals surface area contributed by atoms with Crippen molar-refractivity contribution in [1.29, 1.82) is 0 Å². The molecule has 3 rings (SSSR count). The van der Waals surface area contributed by atoms with E-state index in [4.69, 9.17) is 0 Å². The smallest absolute Gasteiger partial charge is 0.182 e. The Balaban J connectivity index is 2.30. The second kappa shape index (κ2) is 2.24. The van der Waals surface area contributed by atoms with Gasteiger partial charge in [0, 0.05) is 5.56 Å². The first kappa shape index (κ1) is 8.53. The van der Waals surface area contributed by atoms with Crippen LogP contribution in [-0.2, 0) is 4.93 Å². The number of rotatable bonds is 0. The molecule has 3 heteroatoms. The molecule has 1 aromatic carbocycles. The quantitative estimate of drug-likeness (QED) is 0.634. The lowest BCUT2D eigenvalue weighted by Crippen LogP contribution is -2.28. The molecule has 2 N–H and O–H groups in total. The molecule has 0 aromatic heterocycles. The van der Waals surface area contributed by atoms with Crippen LogP contribution < -0.4 is 0 Å². The molecule has 2 unspecified atom stereocenters. The summed E-state index contributed by atoms with van der Waals surface area (Å²) in [4.78, 5) is -2.19. The van der Waals surface area contributed by atoms with Gasteiger partial charge in [-0.3, -0.25) is 0 Å². The Morgan fingerprint density at radius 3 is 2.64 bits per heavy atom. The Kier molecular flexibility index (Phi) is 1.37. The maximum absolute atomic E-state index is 10.2. The number of thioether (sulfide) groups is 1. The van der Waals surface area contributed by atoms with Crippen molar-refractivity contribution in [3.63, 3.8) is 0 Å². The Labute approximate surface area is 86.3 Å². The molecular formula is C11H10O2S. The van der Waals surface area contributed by atoms with Crippen molar-refractivity contribution >= 4 is 17.8 Å². The standard InChI is InChI=1S/C11H10O2S/c1-7-6-8-4-2-3-5-9(8)11(13)10(7,12)14-11/h2-6,12-13H,1H3. The van der Waals surface area contributed by atoms with E-state index in [2.05, 4.69) is 0 Å². The van der Waals surface area contributed by atoms with Crippen molar-refractivity contribution in [3.8, 4) is 0 Å². The van der Waals surface area contributed by atoms with Gasteiger partial charge in [-0.15, -0.1) is 0 Å². The fourth-order valence-corrected chi connectivity index (χ4v) is 3.20. The van der Waals surface area contributed by atoms with E-state index < -0.39 is 9.87 Å². The highest BCUT2D eigenvalue weighted by Crippen LogP contribution is 2.72. The van der Waals surface area contributed by atoms with Crippen LogP contribution in [0, 0.1) is 0 Å². The molecule has 0 amide bonds. The van der Waals surface area contributed by atoms with Crippen LogP contribution in [0.15, 0.2) is 29.8 Å². The largest absolute Gasteiger partial charge is 0.371 e. The molecule has 14 heavy (non-hydrogen) atoms. The molecule has 2 nitrogen and oxygen atoms in total. The minimum Gasteiger partial charge on any atom is -0.371 e. The molecule has 1 saturated heterocycles. The minimum atomic E-state index is -1.11. The van der Waals surface area contributed by atoms with Crippen LogP contribution in [0.5, 0.6) is 0 Å². The van der Waals surface area contributed by atoms with Gasteiger partial charge in [0.15, 0.2) is 9.87 Å². The highest BCUT2D eigenvalue weighted by molar-refractivity contribution is 8.08. The van der Waals surface area contributed by atoms with E-state index in [1.54, 1.807) is 0 Å². The highest BCUT2D eigenvalue weighted by atomic mass is 32.2. The highest BCUT2D eigenvalue weighted by Gasteiger charge is 2.72. The van der Waals surface area contributed by atoms with Crippen molar-refractivity contribution in [2.75, 3.05) is 0 Å². The molecule has 72 valence electrons. The van der Waals surface area contributed by atoms with Gasteiger partial charge in [0.1, 0.15) is 0 Å². The zero-order valence-electron chi connectivity index (χ0n) is 7.69. The van der Waals surface area contributed by atoms with Gasteiger partial charge in [-0.05, 0) is 18.1 Å². The molecule has 2 atom stereocenters. The van der Waals surface area contributed by atoms with Gasteiger partial charge < -0.3 is 10.2 Å². The Bertz CT molecular complexity index is 454. The van der Waals surface area contributed by atoms with Gasteiger partial charge in [-0.2, -0.15) is 0 Å². The number of benzene rings is 1. The lowest BCUT2D eigenvalue weighted by Gasteiger charge is -2.22. The summed E-state index contributed by atoms with van der Waals surface area (Å²) in [6.45, 7) is 1.85. The van der Waals surface area contributed by atoms with Gasteiger partial charge in [0.25, 0.3) is 0 Å². The summed E-state index contributed by atoms with van der Waals surface area (Å²) in [5.74, 6) is 0. The molecule has 1 aromatic rings. The summed E-state index contributed by atoms with van der Waals surface area (Å²) in [6.07, 6.45) is 1.93. The van der Waals surface area contributed by atoms with E-state index in [0.29, 0.717) is 0 Å². The lowest BCUT2D eigenvalue weighted by molar-refractivity contribution is 0.0386. The first-order valence-corrected chi connectivity index (χ1v) is 5.33. The Morgan fingerprint density at radius 2 is 1.86 bits per heavy atom. The van der Waals surface area contributed by atoms with Crippen molar-refractivity contribution in [3.05, 3.63) is 41.0 Å². The third kappa shape index (κ3) is 0.764. The minimum absolute atomic E-state index is 0.818. The maximum Gasteiger partial charge on any atom is 0.182 e. The average Bonchev–Trinajstić information content (AvgIpc) is 2.73. The van der Waals surface area contributed by atoms with Crippen molar-refractivity contribution < 1.29 is 10.2 Å². The first-order valence-electron chi connectivity index (χ1n) is 4.51. The molecule has 0 radical (unpaired) electrons. The number of hydrogen-bond donors (Lipinski definition) is 2. The summed E-state index contributed by atoms with van der Waals surface area (Å²) < 4.78 is 0. The molecule has 2 aliphatic rings. The molecular weight excluding hydrogens is 196 g/mol. The number of fused-ring (bicyclic) bond motifs is 3. The second-order valence-corrected chi connectivity index (χ2v) is 5.19. The van der Waals surface area contributed by atoms with Crippen LogP contribution in [0.25, 0.3) is 6.08 Å². The van der Waals surface area contributed by atoms with Crippen molar-refractivity contribution in [2.24, 2.45) is 0 Å². The normalized spacial score (nSPS) is 38.4. The predicted octanol–water partition coefficient (Wildman–Crippen LogP) is 1.68. The fourth-order valence-electron chi connectivity index (χ4n) is 2.04. The van der Waals surface area contributed by atoms with Gasteiger partial charge in [0.05, 0.1) is 0 Å². The summed E-state index contributed by atoms with van der Waals surface area (Å²) in [5.41, 5.74) is 2.64. The Morgan fingerprint density at radius 1 is 1.14 bits per heavy atom. The topological polar surface area (TPSA) is 40.5 Å². The van der Waals surface area contributed by atoms with Gasteiger partial charge in [-0.1, -0.05) is 42.1 Å². The van der Waals surface area contributed by atoms with Crippen LogP contribution in [0.3, 0.4) is 0 Å². The molecule has 1 heterocycles. The third-order valence-corrected chi connectivity index (χ3v) is 4.46. The third-order valence-electron chi connectivity index (χ3n) is 2.95. The van der Waals surface area contributed by atoms with Crippen LogP contribution in [0.2, 0.25) is 0 Å². The van der Waals surface area contributed by atoms with Crippen LogP contribution in [-0.4, -0.2) is 15.1 Å². The van der Waals surface area contributed by atoms with Crippen molar-refractivity contribution in [1.82, 2.24) is 0 Å². The van der Waals surface area contributed by atoms with Gasteiger partial charge >= 0.3 is 0 Å². The van der Waals surface area contributed by atoms with Crippen LogP contribution in [0.1, 0.15) is 18.1 Å². The Hall–Kier alpha value is -0.770. The molecule has 0 spiro atoms. The molecule has 0 saturated carbocycles. The zero-order chi connectivity index (χ0) is 9.97. The van der Waals surface area contributed by atoms with E-state index in [9.17, 15) is 10.2 Å². The maximum atomic E-state index is 10.2. The lowest BCUT2D eigenvalue weighted by atomic mass is 9.88. The summed E-state index contributed by atoms with van der Waals surface area (Å²) in [7, 11) is 0. The van der Waals surface area contributed by atoms with E-state index in [0.717, 1.165) is 16.7 Å². The summed E-state index contributed by atoms with van der Waals surface area (Å²) in [6, 6.07) is 7.63. The molecule has 0 bridgehead atoms. The number of aliphatic hydroxyl groups is 2. The average molecular weight is 206 g/mol. The summed E-state index contributed by atoms with van der Waals surface area (Å²) in [5, 5.41) is 20.3. The van der Waals surface area contributed by atoms with E-state index in [1.807, 2.05) is 37.3 Å². The predicted molar refractivity (Wildman–Crippen MR) is 56.5 cm³/mol. The molecule has 1 fully saturated rings. The van der Waals surface area contributed by atoms with E-state index in [-0.39, 0.29) is 0 Å². The fraction of sp³-hybridized carbons (Fsp3) is 0.273. The van der Waals surface area contributed by atoms with Gasteiger partial charge in [-0.25, -0.2) is 0 Å². The zero-order valence-corrected chi connectivity index (χ0v) is 8.51. The van der Waals surface area contributed by atoms with Gasteiger partial charge in [0.2, 0.25) is 0 Å². The van der Waals surface area contributed by atoms with Crippen LogP contribution in [0.4, 0.5) is 0 Å². The van der Waals surface area contributed by atoms with E-state index >= 15 is 0 Å².